The van der Waals surface area contributed by atoms with Crippen LogP contribution in [0.1, 0.15) is 16.8 Å². The minimum Gasteiger partial charge on any atom is -0.483 e. The quantitative estimate of drug-likeness (QED) is 0.679. The number of carbonyl (C=O) groups excluding carboxylic acids is 1. The lowest BCUT2D eigenvalue weighted by Gasteiger charge is -2.14. The number of benzene rings is 2. The summed E-state index contributed by atoms with van der Waals surface area (Å²) in [5, 5.41) is 2.83. The summed E-state index contributed by atoms with van der Waals surface area (Å²) in [4.78, 5) is 24.8. The molecule has 2 heterocycles. The van der Waals surface area contributed by atoms with E-state index in [4.69, 9.17) is 14.2 Å². The van der Waals surface area contributed by atoms with Crippen LogP contribution < -0.4 is 25.0 Å². The number of hydrogen-bond acceptors (Lipinski definition) is 5. The van der Waals surface area contributed by atoms with Crippen molar-refractivity contribution in [1.29, 1.82) is 0 Å². The van der Waals surface area contributed by atoms with Gasteiger partial charge in [-0.3, -0.25) is 9.59 Å². The van der Waals surface area contributed by atoms with Gasteiger partial charge < -0.3 is 24.1 Å². The van der Waals surface area contributed by atoms with Crippen LogP contribution >= 0.6 is 0 Å². The Kier molecular flexibility index (Phi) is 5.43. The SMILES string of the molecule is Cc1ccc(COc2cn(CC(=O)Nc3ccc4c(c3)OCO4)c(C)cc2=O)cc1. The van der Waals surface area contributed by atoms with Crippen LogP contribution in [0.25, 0.3) is 0 Å². The van der Waals surface area contributed by atoms with Crippen LogP contribution in [0.3, 0.4) is 0 Å². The first-order valence-electron chi connectivity index (χ1n) is 9.57. The van der Waals surface area contributed by atoms with E-state index in [1.807, 2.05) is 31.2 Å². The molecule has 3 aromatic rings. The summed E-state index contributed by atoms with van der Waals surface area (Å²) in [5.41, 5.74) is 3.19. The largest absolute Gasteiger partial charge is 0.483 e. The van der Waals surface area contributed by atoms with Gasteiger partial charge in [-0.2, -0.15) is 0 Å². The second kappa shape index (κ2) is 8.32. The van der Waals surface area contributed by atoms with Crippen LogP contribution in [0.2, 0.25) is 0 Å². The third kappa shape index (κ3) is 4.46. The Bertz CT molecular complexity index is 1140. The summed E-state index contributed by atoms with van der Waals surface area (Å²) in [6.07, 6.45) is 1.57. The Hall–Kier alpha value is -3.74. The zero-order chi connectivity index (χ0) is 21.1. The molecule has 1 aliphatic heterocycles. The fourth-order valence-corrected chi connectivity index (χ4v) is 3.10. The van der Waals surface area contributed by atoms with Crippen molar-refractivity contribution in [2.75, 3.05) is 12.1 Å². The lowest BCUT2D eigenvalue weighted by Crippen LogP contribution is -2.22. The van der Waals surface area contributed by atoms with Gasteiger partial charge in [-0.25, -0.2) is 0 Å². The number of rotatable bonds is 6. The normalized spacial score (nSPS) is 11.9. The van der Waals surface area contributed by atoms with Gasteiger partial charge in [0, 0.05) is 23.5 Å². The summed E-state index contributed by atoms with van der Waals surface area (Å²) < 4.78 is 18.0. The standard InChI is InChI=1S/C23H22N2O5/c1-15-3-5-17(6-4-15)13-28-22-11-25(16(2)9-19(22)26)12-23(27)24-18-7-8-20-21(10-18)30-14-29-20/h3-11H,12-14H2,1-2H3,(H,24,27). The highest BCUT2D eigenvalue weighted by molar-refractivity contribution is 5.91. The third-order valence-corrected chi connectivity index (χ3v) is 4.79. The smallest absolute Gasteiger partial charge is 0.244 e. The second-order valence-electron chi connectivity index (χ2n) is 7.16. The van der Waals surface area contributed by atoms with E-state index in [1.54, 1.807) is 35.9 Å². The number of amides is 1. The van der Waals surface area contributed by atoms with Gasteiger partial charge in [0.25, 0.3) is 0 Å². The molecule has 0 unspecified atom stereocenters. The van der Waals surface area contributed by atoms with Gasteiger partial charge in [-0.05, 0) is 31.5 Å². The molecule has 0 spiro atoms. The van der Waals surface area contributed by atoms with Gasteiger partial charge in [0.05, 0.1) is 6.20 Å². The molecule has 0 fully saturated rings. The third-order valence-electron chi connectivity index (χ3n) is 4.79. The first-order valence-corrected chi connectivity index (χ1v) is 9.57. The number of pyridine rings is 1. The molecule has 1 aromatic heterocycles. The molecule has 0 radical (unpaired) electrons. The molecule has 7 heteroatoms. The molecule has 0 saturated carbocycles. The van der Waals surface area contributed by atoms with Crippen LogP contribution in [0.5, 0.6) is 17.2 Å². The van der Waals surface area contributed by atoms with Gasteiger partial charge in [-0.15, -0.1) is 0 Å². The Morgan fingerprint density at radius 2 is 1.83 bits per heavy atom. The van der Waals surface area contributed by atoms with E-state index in [1.165, 1.54) is 6.07 Å². The molecular weight excluding hydrogens is 384 g/mol. The molecular formula is C23H22N2O5. The van der Waals surface area contributed by atoms with Crippen LogP contribution in [0.4, 0.5) is 5.69 Å². The number of aromatic nitrogens is 1. The number of nitrogens with zero attached hydrogens (tertiary/aromatic N) is 1. The number of hydrogen-bond donors (Lipinski definition) is 1. The molecule has 154 valence electrons. The predicted octanol–water partition coefficient (Wildman–Crippen LogP) is 3.41. The molecule has 30 heavy (non-hydrogen) atoms. The molecule has 0 atom stereocenters. The van der Waals surface area contributed by atoms with Crippen LogP contribution in [-0.4, -0.2) is 17.3 Å². The lowest BCUT2D eigenvalue weighted by molar-refractivity contribution is -0.116. The summed E-state index contributed by atoms with van der Waals surface area (Å²) >= 11 is 0. The lowest BCUT2D eigenvalue weighted by atomic mass is 10.2. The maximum atomic E-state index is 12.5. The Balaban J connectivity index is 1.44. The van der Waals surface area contributed by atoms with Crippen molar-refractivity contribution in [3.05, 3.63) is 81.8 Å². The molecule has 0 saturated heterocycles. The van der Waals surface area contributed by atoms with E-state index in [0.29, 0.717) is 22.9 Å². The zero-order valence-corrected chi connectivity index (χ0v) is 16.8. The number of nitrogens with one attached hydrogen (secondary N) is 1. The van der Waals surface area contributed by atoms with Crippen molar-refractivity contribution in [3.63, 3.8) is 0 Å². The highest BCUT2D eigenvalue weighted by Gasteiger charge is 2.15. The molecule has 0 aliphatic carbocycles. The van der Waals surface area contributed by atoms with Crippen LogP contribution in [0.15, 0.2) is 59.5 Å². The van der Waals surface area contributed by atoms with E-state index in [0.717, 1.165) is 11.1 Å². The van der Waals surface area contributed by atoms with E-state index >= 15 is 0 Å². The van der Waals surface area contributed by atoms with Crippen molar-refractivity contribution < 1.29 is 19.0 Å². The molecule has 0 bridgehead atoms. The molecule has 1 amide bonds. The first kappa shape index (κ1) is 19.6. The topological polar surface area (TPSA) is 78.8 Å². The van der Waals surface area contributed by atoms with Crippen LogP contribution in [0, 0.1) is 13.8 Å². The van der Waals surface area contributed by atoms with E-state index in [9.17, 15) is 9.59 Å². The fourth-order valence-electron chi connectivity index (χ4n) is 3.10. The summed E-state index contributed by atoms with van der Waals surface area (Å²) in [7, 11) is 0. The summed E-state index contributed by atoms with van der Waals surface area (Å²) in [6, 6.07) is 14.6. The fraction of sp³-hybridized carbons (Fsp3) is 0.217. The molecule has 1 aliphatic rings. The number of carbonyl (C=O) groups is 1. The molecule has 1 N–H and O–H groups in total. The van der Waals surface area contributed by atoms with Crippen LogP contribution in [-0.2, 0) is 17.9 Å². The van der Waals surface area contributed by atoms with Crippen molar-refractivity contribution in [3.8, 4) is 17.2 Å². The van der Waals surface area contributed by atoms with Gasteiger partial charge in [0.1, 0.15) is 13.2 Å². The van der Waals surface area contributed by atoms with Gasteiger partial charge in [-0.1, -0.05) is 29.8 Å². The Labute approximate surface area is 173 Å². The maximum Gasteiger partial charge on any atom is 0.244 e. The van der Waals surface area contributed by atoms with Crippen molar-refractivity contribution in [1.82, 2.24) is 4.57 Å². The number of anilines is 1. The maximum absolute atomic E-state index is 12.5. The van der Waals surface area contributed by atoms with Crippen molar-refractivity contribution in [2.24, 2.45) is 0 Å². The second-order valence-corrected chi connectivity index (χ2v) is 7.16. The van der Waals surface area contributed by atoms with Crippen molar-refractivity contribution >= 4 is 11.6 Å². The van der Waals surface area contributed by atoms with Gasteiger partial charge >= 0.3 is 0 Å². The first-order chi connectivity index (χ1) is 14.5. The minimum atomic E-state index is -0.231. The zero-order valence-electron chi connectivity index (χ0n) is 16.8. The predicted molar refractivity (Wildman–Crippen MR) is 112 cm³/mol. The van der Waals surface area contributed by atoms with Gasteiger partial charge in [0.2, 0.25) is 18.1 Å². The van der Waals surface area contributed by atoms with E-state index < -0.39 is 0 Å². The number of ether oxygens (including phenoxy) is 3. The van der Waals surface area contributed by atoms with Gasteiger partial charge in [0.15, 0.2) is 17.2 Å². The highest BCUT2D eigenvalue weighted by atomic mass is 16.7. The Morgan fingerprint density at radius 3 is 2.63 bits per heavy atom. The molecule has 2 aromatic carbocycles. The van der Waals surface area contributed by atoms with Crippen molar-refractivity contribution in [2.45, 2.75) is 27.0 Å². The average Bonchev–Trinajstić information content (AvgIpc) is 3.18. The molecule has 4 rings (SSSR count). The van der Waals surface area contributed by atoms with E-state index in [2.05, 4.69) is 5.32 Å². The average molecular weight is 406 g/mol. The number of fused-ring (bicyclic) bond motifs is 1. The Morgan fingerprint density at radius 1 is 1.07 bits per heavy atom. The summed E-state index contributed by atoms with van der Waals surface area (Å²) in [5.74, 6) is 1.22. The molecule has 7 nitrogen and oxygen atoms in total. The monoisotopic (exact) mass is 406 g/mol. The highest BCUT2D eigenvalue weighted by Crippen LogP contribution is 2.34. The minimum absolute atomic E-state index is 0.0431. The summed E-state index contributed by atoms with van der Waals surface area (Å²) in [6.45, 7) is 4.29. The van der Waals surface area contributed by atoms with E-state index in [-0.39, 0.29) is 37.0 Å². The number of aryl methyl sites for hydroxylation is 2.